The summed E-state index contributed by atoms with van der Waals surface area (Å²) >= 11 is 0. The van der Waals surface area contributed by atoms with Crippen molar-refractivity contribution in [2.24, 2.45) is 11.3 Å². The van der Waals surface area contributed by atoms with Gasteiger partial charge in [0.15, 0.2) is 0 Å². The van der Waals surface area contributed by atoms with E-state index in [0.717, 1.165) is 6.29 Å². The second-order valence-corrected chi connectivity index (χ2v) is 3.44. The van der Waals surface area contributed by atoms with Crippen LogP contribution in [0.2, 0.25) is 0 Å². The Morgan fingerprint density at radius 2 is 2.09 bits per heavy atom. The number of hydrogen-bond donors (Lipinski definition) is 1. The standard InChI is InChI=1S/C8H14O3/c1-6(4-7(10)11)8(2,3)5-9/h5-6H,4H2,1-3H3,(H,10,11). The van der Waals surface area contributed by atoms with E-state index in [0.29, 0.717) is 0 Å². The molecule has 0 amide bonds. The maximum absolute atomic E-state index is 10.5. The molecule has 0 aliphatic rings. The van der Waals surface area contributed by atoms with Crippen LogP contribution < -0.4 is 0 Å². The predicted octanol–water partition coefficient (Wildman–Crippen LogP) is 1.32. The van der Waals surface area contributed by atoms with Gasteiger partial charge in [-0.05, 0) is 5.92 Å². The Labute approximate surface area is 66.4 Å². The van der Waals surface area contributed by atoms with E-state index in [9.17, 15) is 9.59 Å². The molecule has 3 heteroatoms. The van der Waals surface area contributed by atoms with E-state index in [1.807, 2.05) is 0 Å². The van der Waals surface area contributed by atoms with Gasteiger partial charge in [0.05, 0.1) is 0 Å². The van der Waals surface area contributed by atoms with E-state index in [4.69, 9.17) is 5.11 Å². The van der Waals surface area contributed by atoms with Gasteiger partial charge in [-0.1, -0.05) is 20.8 Å². The van der Waals surface area contributed by atoms with Gasteiger partial charge in [-0.2, -0.15) is 0 Å². The number of aliphatic carboxylic acids is 1. The average molecular weight is 158 g/mol. The molecule has 0 spiro atoms. The zero-order chi connectivity index (χ0) is 9.07. The molecule has 0 bridgehead atoms. The highest BCUT2D eigenvalue weighted by molar-refractivity contribution is 5.68. The van der Waals surface area contributed by atoms with Crippen LogP contribution in [-0.4, -0.2) is 17.4 Å². The van der Waals surface area contributed by atoms with Gasteiger partial charge in [0, 0.05) is 11.8 Å². The molecule has 0 radical (unpaired) electrons. The molecule has 0 saturated heterocycles. The number of rotatable bonds is 4. The molecule has 3 nitrogen and oxygen atoms in total. The summed E-state index contributed by atoms with van der Waals surface area (Å²) in [6.07, 6.45) is 0.854. The van der Waals surface area contributed by atoms with Crippen LogP contribution in [0.5, 0.6) is 0 Å². The summed E-state index contributed by atoms with van der Waals surface area (Å²) in [4.78, 5) is 20.7. The van der Waals surface area contributed by atoms with Crippen LogP contribution in [0.25, 0.3) is 0 Å². The fraction of sp³-hybridized carbons (Fsp3) is 0.750. The Kier molecular flexibility index (Phi) is 3.23. The quantitative estimate of drug-likeness (QED) is 0.628. The number of carboxylic acids is 1. The Morgan fingerprint density at radius 1 is 1.64 bits per heavy atom. The highest BCUT2D eigenvalue weighted by atomic mass is 16.4. The smallest absolute Gasteiger partial charge is 0.303 e. The second kappa shape index (κ2) is 3.51. The minimum Gasteiger partial charge on any atom is -0.481 e. The van der Waals surface area contributed by atoms with Gasteiger partial charge in [-0.25, -0.2) is 0 Å². The van der Waals surface area contributed by atoms with Crippen molar-refractivity contribution >= 4 is 12.3 Å². The van der Waals surface area contributed by atoms with E-state index in [2.05, 4.69) is 0 Å². The van der Waals surface area contributed by atoms with Crippen LogP contribution in [0.4, 0.5) is 0 Å². The van der Waals surface area contributed by atoms with Crippen LogP contribution in [-0.2, 0) is 9.59 Å². The Bertz CT molecular complexity index is 161. The topological polar surface area (TPSA) is 54.4 Å². The van der Waals surface area contributed by atoms with Gasteiger partial charge in [0.2, 0.25) is 0 Å². The third-order valence-electron chi connectivity index (χ3n) is 2.05. The first-order valence-corrected chi connectivity index (χ1v) is 3.58. The van der Waals surface area contributed by atoms with Gasteiger partial charge in [0.1, 0.15) is 6.29 Å². The third kappa shape index (κ3) is 3.16. The van der Waals surface area contributed by atoms with Crippen molar-refractivity contribution in [1.29, 1.82) is 0 Å². The van der Waals surface area contributed by atoms with Crippen molar-refractivity contribution in [2.45, 2.75) is 27.2 Å². The summed E-state index contributed by atoms with van der Waals surface area (Å²) in [5.41, 5.74) is -0.529. The minimum atomic E-state index is -0.854. The van der Waals surface area contributed by atoms with Gasteiger partial charge in [-0.3, -0.25) is 4.79 Å². The highest BCUT2D eigenvalue weighted by Crippen LogP contribution is 2.26. The molecule has 64 valence electrons. The lowest BCUT2D eigenvalue weighted by molar-refractivity contribution is -0.139. The van der Waals surface area contributed by atoms with Crippen LogP contribution in [0.1, 0.15) is 27.2 Å². The minimum absolute atomic E-state index is 0.0474. The first-order valence-electron chi connectivity index (χ1n) is 3.58. The number of carbonyl (C=O) groups excluding carboxylic acids is 1. The normalized spacial score (nSPS) is 14.1. The number of carboxylic acid groups (broad SMARTS) is 1. The van der Waals surface area contributed by atoms with Gasteiger partial charge in [0.25, 0.3) is 0 Å². The van der Waals surface area contributed by atoms with Crippen molar-refractivity contribution < 1.29 is 14.7 Å². The molecule has 0 saturated carbocycles. The zero-order valence-electron chi connectivity index (χ0n) is 7.13. The second-order valence-electron chi connectivity index (χ2n) is 3.44. The maximum Gasteiger partial charge on any atom is 0.303 e. The van der Waals surface area contributed by atoms with Crippen molar-refractivity contribution in [2.75, 3.05) is 0 Å². The van der Waals surface area contributed by atoms with E-state index >= 15 is 0 Å². The third-order valence-corrected chi connectivity index (χ3v) is 2.05. The van der Waals surface area contributed by atoms with Crippen LogP contribution in [0.15, 0.2) is 0 Å². The van der Waals surface area contributed by atoms with Crippen LogP contribution in [0, 0.1) is 11.3 Å². The lowest BCUT2D eigenvalue weighted by atomic mass is 9.80. The Hall–Kier alpha value is -0.860. The molecular formula is C8H14O3. The lowest BCUT2D eigenvalue weighted by Crippen LogP contribution is -2.25. The number of hydrogen-bond acceptors (Lipinski definition) is 2. The summed E-state index contributed by atoms with van der Waals surface area (Å²) in [6.45, 7) is 5.25. The number of carbonyl (C=O) groups is 2. The monoisotopic (exact) mass is 158 g/mol. The van der Waals surface area contributed by atoms with Crippen LogP contribution in [0.3, 0.4) is 0 Å². The fourth-order valence-electron chi connectivity index (χ4n) is 0.641. The molecule has 0 heterocycles. The van der Waals surface area contributed by atoms with Gasteiger partial charge < -0.3 is 9.90 Å². The van der Waals surface area contributed by atoms with Crippen LogP contribution >= 0.6 is 0 Å². The molecule has 0 fully saturated rings. The molecule has 1 N–H and O–H groups in total. The van der Waals surface area contributed by atoms with E-state index in [-0.39, 0.29) is 12.3 Å². The molecule has 11 heavy (non-hydrogen) atoms. The summed E-state index contributed by atoms with van der Waals surface area (Å²) < 4.78 is 0. The molecule has 0 aliphatic carbocycles. The first-order chi connectivity index (χ1) is 4.90. The predicted molar refractivity (Wildman–Crippen MR) is 41.3 cm³/mol. The number of aldehydes is 1. The molecule has 0 aromatic heterocycles. The van der Waals surface area contributed by atoms with Crippen molar-refractivity contribution in [3.05, 3.63) is 0 Å². The highest BCUT2D eigenvalue weighted by Gasteiger charge is 2.26. The van der Waals surface area contributed by atoms with E-state index < -0.39 is 11.4 Å². The zero-order valence-corrected chi connectivity index (χ0v) is 7.13. The molecule has 1 atom stereocenters. The average Bonchev–Trinajstić information content (AvgIpc) is 1.86. The SMILES string of the molecule is CC(CC(=O)O)C(C)(C)C=O. The van der Waals surface area contributed by atoms with E-state index in [1.54, 1.807) is 20.8 Å². The van der Waals surface area contributed by atoms with Crippen molar-refractivity contribution in [3.63, 3.8) is 0 Å². The molecular weight excluding hydrogens is 144 g/mol. The summed E-state index contributed by atoms with van der Waals surface area (Å²) in [7, 11) is 0. The summed E-state index contributed by atoms with van der Waals surface area (Å²) in [6, 6.07) is 0. The molecule has 1 unspecified atom stereocenters. The first kappa shape index (κ1) is 10.1. The summed E-state index contributed by atoms with van der Waals surface area (Å²) in [5.74, 6) is -0.968. The lowest BCUT2D eigenvalue weighted by Gasteiger charge is -2.23. The summed E-state index contributed by atoms with van der Waals surface area (Å²) in [5, 5.41) is 8.43. The van der Waals surface area contributed by atoms with Gasteiger partial charge in [-0.15, -0.1) is 0 Å². The molecule has 0 aliphatic heterocycles. The molecule has 0 aromatic carbocycles. The molecule has 0 rings (SSSR count). The molecule has 0 aromatic rings. The Balaban J connectivity index is 4.11. The maximum atomic E-state index is 10.5. The largest absolute Gasteiger partial charge is 0.481 e. The Morgan fingerprint density at radius 3 is 2.36 bits per heavy atom. The van der Waals surface area contributed by atoms with Crippen molar-refractivity contribution in [3.8, 4) is 0 Å². The fourth-order valence-corrected chi connectivity index (χ4v) is 0.641. The van der Waals surface area contributed by atoms with Gasteiger partial charge >= 0.3 is 5.97 Å². The van der Waals surface area contributed by atoms with Crippen molar-refractivity contribution in [1.82, 2.24) is 0 Å². The van der Waals surface area contributed by atoms with E-state index in [1.165, 1.54) is 0 Å².